The van der Waals surface area contributed by atoms with Gasteiger partial charge >= 0.3 is 5.97 Å². The summed E-state index contributed by atoms with van der Waals surface area (Å²) in [6, 6.07) is 92.8. The van der Waals surface area contributed by atoms with E-state index in [4.69, 9.17) is 85.3 Å². The van der Waals surface area contributed by atoms with Gasteiger partial charge in [0, 0.05) is 0 Å². The molecule has 0 aliphatic carbocycles. The van der Waals surface area contributed by atoms with Crippen LogP contribution in [0.1, 0.15) is 44.5 Å². The van der Waals surface area contributed by atoms with E-state index >= 15 is 4.79 Å². The van der Waals surface area contributed by atoms with Gasteiger partial charge in [-0.25, -0.2) is 4.79 Å². The monoisotopic (exact) mass is 1460 g/mol. The van der Waals surface area contributed by atoms with Crippen LogP contribution in [0.15, 0.2) is 291 Å². The number of hydrogen-bond donors (Lipinski definition) is 0. The van der Waals surface area contributed by atoms with E-state index in [9.17, 15) is 0 Å². The van der Waals surface area contributed by atoms with E-state index in [1.807, 2.05) is 291 Å². The van der Waals surface area contributed by atoms with Crippen LogP contribution in [-0.4, -0.2) is 133 Å². The average molecular weight is 1470 g/mol. The average Bonchev–Trinajstić information content (AvgIpc) is 0.757. The van der Waals surface area contributed by atoms with Gasteiger partial charge in [-0.3, -0.25) is 0 Å². The van der Waals surface area contributed by atoms with Crippen LogP contribution in [0, 0.1) is 0 Å². The van der Waals surface area contributed by atoms with Crippen molar-refractivity contribution in [3.05, 3.63) is 336 Å². The molecule has 0 bridgehead atoms. The van der Waals surface area contributed by atoms with Gasteiger partial charge in [-0.05, 0) is 93.0 Å². The zero-order valence-electron chi connectivity index (χ0n) is 60.7. The lowest BCUT2D eigenvalue weighted by molar-refractivity contribution is -0.390. The predicted molar refractivity (Wildman–Crippen MR) is 401 cm³/mol. The highest BCUT2D eigenvalue weighted by atomic mass is 16.8. The van der Waals surface area contributed by atoms with Crippen molar-refractivity contribution in [3.63, 3.8) is 0 Å². The van der Waals surface area contributed by atoms with Gasteiger partial charge < -0.3 is 85.3 Å². The maximum atomic E-state index is 15.5. The highest BCUT2D eigenvalue weighted by molar-refractivity contribution is 5.75. The summed E-state index contributed by atoms with van der Waals surface area (Å²) >= 11 is 0. The fraction of sp³-hybridized carbons (Fsp3) is 0.315. The molecule has 10 aromatic carbocycles. The highest BCUT2D eigenvalue weighted by Crippen LogP contribution is 2.41. The molecule has 3 fully saturated rings. The molecule has 108 heavy (non-hydrogen) atoms. The number of ether oxygens (including phenoxy) is 18. The number of carbonyl (C=O) groups excluding carboxylic acids is 1. The molecule has 3 heterocycles. The molecule has 0 unspecified atom stereocenters. The molecule has 10 aromatic rings. The summed E-state index contributed by atoms with van der Waals surface area (Å²) in [5.74, 6) is 1.49. The molecule has 0 N–H and O–H groups in total. The molecule has 0 radical (unpaired) electrons. The molecule has 3 aliphatic rings. The Morgan fingerprint density at radius 3 is 0.843 bits per heavy atom. The topological polar surface area (TPSA) is 183 Å². The van der Waals surface area contributed by atoms with Crippen LogP contribution in [0.5, 0.6) is 23.0 Å². The van der Waals surface area contributed by atoms with Gasteiger partial charge in [0.05, 0.1) is 74.2 Å². The van der Waals surface area contributed by atoms with Gasteiger partial charge in [-0.15, -0.1) is 0 Å². The second-order valence-electron chi connectivity index (χ2n) is 26.3. The standard InChI is InChI=1S/C89H92O19/c1-91-70-44-48-72(49-45-70)94-60-74-76(96-52-62-28-12-4-13-29-62)78(97-53-63-30-14-5-15-31-63)84(101-57-67-38-22-9-23-39-67)88(105-74)107-81-80(99-55-65-34-18-7-19-35-65)85(102-58-68-40-24-10-25-41-68)89(108-82(81)86(90)93-3)106-77-75(61-95-73-50-46-71(92-2)47-51-73)104-87(103-59-69-42-26-11-27-43-69)83(100-56-66-36-20-8-21-37-66)79(77)98-54-64-32-16-6-17-33-64/h4-51,74-85,87-89H,52-61H2,1-3H3/t74-,75-,76+,77+,78+,79+,80+,81-,82+,83-,84-,85-,87-,88-,89+/m1/s1. The van der Waals surface area contributed by atoms with Crippen molar-refractivity contribution in [2.75, 3.05) is 34.5 Å². The Hall–Kier alpha value is -9.65. The van der Waals surface area contributed by atoms with Gasteiger partial charge in [-0.2, -0.15) is 0 Å². The third-order valence-corrected chi connectivity index (χ3v) is 18.9. The first-order valence-corrected chi connectivity index (χ1v) is 36.4. The summed E-state index contributed by atoms with van der Waals surface area (Å²) in [5.41, 5.74) is 6.88. The van der Waals surface area contributed by atoms with E-state index in [0.717, 1.165) is 44.5 Å². The van der Waals surface area contributed by atoms with E-state index in [2.05, 4.69) is 0 Å². The van der Waals surface area contributed by atoms with Crippen LogP contribution in [0.25, 0.3) is 0 Å². The van der Waals surface area contributed by atoms with Gasteiger partial charge in [0.1, 0.15) is 103 Å². The van der Waals surface area contributed by atoms with Crippen molar-refractivity contribution in [2.24, 2.45) is 0 Å². The number of benzene rings is 10. The normalized spacial score (nSPS) is 24.1. The second-order valence-corrected chi connectivity index (χ2v) is 26.3. The Balaban J connectivity index is 0.938. The van der Waals surface area contributed by atoms with Crippen LogP contribution in [0.3, 0.4) is 0 Å². The fourth-order valence-corrected chi connectivity index (χ4v) is 13.2. The Morgan fingerprint density at radius 2 is 0.509 bits per heavy atom. The minimum Gasteiger partial charge on any atom is -0.497 e. The first kappa shape index (κ1) is 76.5. The molecule has 0 spiro atoms. The van der Waals surface area contributed by atoms with Crippen molar-refractivity contribution >= 4 is 5.97 Å². The Morgan fingerprint density at radius 1 is 0.259 bits per heavy atom. The van der Waals surface area contributed by atoms with Gasteiger partial charge in [0.2, 0.25) is 0 Å². The van der Waals surface area contributed by atoms with Crippen LogP contribution in [0.4, 0.5) is 0 Å². The van der Waals surface area contributed by atoms with E-state index in [1.165, 1.54) is 7.11 Å². The number of esters is 1. The Kier molecular flexibility index (Phi) is 28.3. The molecule has 3 aliphatic heterocycles. The molecule has 13 rings (SSSR count). The summed E-state index contributed by atoms with van der Waals surface area (Å²) in [6.45, 7) is 0.486. The van der Waals surface area contributed by atoms with E-state index in [-0.39, 0.29) is 66.1 Å². The molecular formula is C89H92O19. The zero-order valence-corrected chi connectivity index (χ0v) is 60.7. The summed E-state index contributed by atoms with van der Waals surface area (Å²) in [5, 5.41) is 0. The third kappa shape index (κ3) is 21.4. The maximum absolute atomic E-state index is 15.5. The molecule has 19 heteroatoms. The van der Waals surface area contributed by atoms with E-state index in [0.29, 0.717) is 23.0 Å². The van der Waals surface area contributed by atoms with E-state index in [1.54, 1.807) is 14.2 Å². The largest absolute Gasteiger partial charge is 0.497 e. The molecule has 0 aromatic heterocycles. The minimum absolute atomic E-state index is 0.00377. The molecule has 15 atom stereocenters. The molecule has 562 valence electrons. The lowest BCUT2D eigenvalue weighted by Gasteiger charge is -2.51. The van der Waals surface area contributed by atoms with Gasteiger partial charge in [-0.1, -0.05) is 243 Å². The zero-order chi connectivity index (χ0) is 73.9. The first-order chi connectivity index (χ1) is 53.3. The Bertz CT molecular complexity index is 4180. The molecule has 0 saturated carbocycles. The van der Waals surface area contributed by atoms with Crippen LogP contribution >= 0.6 is 0 Å². The van der Waals surface area contributed by atoms with Crippen molar-refractivity contribution < 1.29 is 90.1 Å². The molecule has 0 amide bonds. The molecule has 3 saturated heterocycles. The fourth-order valence-electron chi connectivity index (χ4n) is 13.2. The third-order valence-electron chi connectivity index (χ3n) is 18.9. The highest BCUT2D eigenvalue weighted by Gasteiger charge is 2.59. The van der Waals surface area contributed by atoms with Gasteiger partial charge in [0.15, 0.2) is 25.0 Å². The number of hydrogen-bond acceptors (Lipinski definition) is 19. The van der Waals surface area contributed by atoms with Crippen LogP contribution in [0.2, 0.25) is 0 Å². The lowest BCUT2D eigenvalue weighted by atomic mass is 9.94. The van der Waals surface area contributed by atoms with Gasteiger partial charge in [0.25, 0.3) is 0 Å². The van der Waals surface area contributed by atoms with Crippen LogP contribution in [-0.2, 0) is 124 Å². The van der Waals surface area contributed by atoms with Crippen molar-refractivity contribution in [3.8, 4) is 23.0 Å². The Labute approximate surface area is 631 Å². The molecule has 19 nitrogen and oxygen atoms in total. The molecular weight excluding hydrogens is 1370 g/mol. The summed E-state index contributed by atoms with van der Waals surface area (Å²) < 4.78 is 125. The second kappa shape index (κ2) is 40.0. The number of methoxy groups -OCH3 is 3. The van der Waals surface area contributed by atoms with Crippen LogP contribution < -0.4 is 18.9 Å². The van der Waals surface area contributed by atoms with Crippen molar-refractivity contribution in [1.82, 2.24) is 0 Å². The first-order valence-electron chi connectivity index (χ1n) is 36.4. The van der Waals surface area contributed by atoms with E-state index < -0.39 is 98.1 Å². The smallest absolute Gasteiger partial charge is 0.337 e. The lowest BCUT2D eigenvalue weighted by Crippen LogP contribution is -2.68. The number of carbonyl (C=O) groups is 1. The predicted octanol–water partition coefficient (Wildman–Crippen LogP) is 14.6. The summed E-state index contributed by atoms with van der Waals surface area (Å²) in [4.78, 5) is 15.5. The quantitative estimate of drug-likeness (QED) is 0.0335. The van der Waals surface area contributed by atoms with Crippen molar-refractivity contribution in [2.45, 2.75) is 145 Å². The SMILES string of the molecule is COC(=O)[C@H]1O[C@H](O[C@@H]2[C@H](OCc3ccccc3)[C@@H](OCc3ccccc3)[C@H](OCc3ccccc3)O[C@@H]2COc2ccc(OC)cc2)[C@H](OCc2ccccc2)[C@@H](OCc2ccccc2)[C@H]1O[C@H]1O[C@H](COc2ccc(OC)cc2)[C@H](OCc2ccccc2)[C@H](OCc2ccccc2)[C@H]1OCc1ccccc1. The minimum atomic E-state index is -1.67. The maximum Gasteiger partial charge on any atom is 0.337 e. The summed E-state index contributed by atoms with van der Waals surface area (Å²) in [7, 11) is 4.50. The van der Waals surface area contributed by atoms with Crippen molar-refractivity contribution in [1.29, 1.82) is 0 Å². The number of rotatable bonds is 37. The summed E-state index contributed by atoms with van der Waals surface area (Å²) in [6.07, 6.45) is -18.0.